The first kappa shape index (κ1) is 15.6. The van der Waals surface area contributed by atoms with Gasteiger partial charge in [0.15, 0.2) is 0 Å². The summed E-state index contributed by atoms with van der Waals surface area (Å²) in [5.41, 5.74) is 6.83. The highest BCUT2D eigenvalue weighted by Crippen LogP contribution is 2.34. The minimum absolute atomic E-state index is 0.535. The molecule has 0 saturated carbocycles. The minimum Gasteiger partial charge on any atom is -0.327 e. The topological polar surface area (TPSA) is 65.7 Å². The van der Waals surface area contributed by atoms with Gasteiger partial charge in [0.2, 0.25) is 0 Å². The van der Waals surface area contributed by atoms with Crippen LogP contribution in [-0.4, -0.2) is 35.7 Å². The van der Waals surface area contributed by atoms with Gasteiger partial charge in [-0.05, 0) is 41.0 Å². The lowest BCUT2D eigenvalue weighted by Crippen LogP contribution is -2.40. The lowest BCUT2D eigenvalue weighted by molar-refractivity contribution is 0.450. The number of nitrogens with one attached hydrogen (secondary N) is 2. The number of fused-ring (bicyclic) bond motifs is 3. The third-order valence-corrected chi connectivity index (χ3v) is 5.57. The fourth-order valence-corrected chi connectivity index (χ4v) is 3.98. The highest BCUT2D eigenvalue weighted by molar-refractivity contribution is 5.87. The molecule has 5 heteroatoms. The summed E-state index contributed by atoms with van der Waals surface area (Å²) in [6.45, 7) is 4.99. The van der Waals surface area contributed by atoms with Crippen LogP contribution < -0.4 is 10.6 Å². The van der Waals surface area contributed by atoms with Crippen molar-refractivity contribution in [2.75, 3.05) is 26.2 Å². The Labute approximate surface area is 152 Å². The summed E-state index contributed by atoms with van der Waals surface area (Å²) in [5, 5.41) is 15.9. The summed E-state index contributed by atoms with van der Waals surface area (Å²) >= 11 is 0. The average Bonchev–Trinajstić information content (AvgIpc) is 2.82. The van der Waals surface area contributed by atoms with Gasteiger partial charge in [0.05, 0.1) is 22.7 Å². The summed E-state index contributed by atoms with van der Waals surface area (Å²) in [7, 11) is 0. The Morgan fingerprint density at radius 1 is 1.04 bits per heavy atom. The van der Waals surface area contributed by atoms with E-state index < -0.39 is 0 Å². The van der Waals surface area contributed by atoms with E-state index in [1.807, 2.05) is 24.3 Å². The minimum atomic E-state index is 0.535. The van der Waals surface area contributed by atoms with E-state index >= 15 is 0 Å². The van der Waals surface area contributed by atoms with Crippen LogP contribution >= 0.6 is 0 Å². The van der Waals surface area contributed by atoms with Gasteiger partial charge in [0.1, 0.15) is 5.82 Å². The first-order chi connectivity index (χ1) is 12.8. The zero-order valence-electron chi connectivity index (χ0n) is 14.6. The molecule has 2 N–H and O–H groups in total. The lowest BCUT2D eigenvalue weighted by Gasteiger charge is -2.28. The molecule has 0 atom stereocenters. The molecule has 5 nitrogen and oxygen atoms in total. The van der Waals surface area contributed by atoms with Crippen molar-refractivity contribution in [3.63, 3.8) is 0 Å². The molecular formula is C21H21N5. The van der Waals surface area contributed by atoms with E-state index in [1.165, 1.54) is 28.0 Å². The number of nitriles is 1. The Bertz CT molecular complexity index is 1010. The molecule has 5 rings (SSSR count). The van der Waals surface area contributed by atoms with Crippen LogP contribution in [0.2, 0.25) is 0 Å². The van der Waals surface area contributed by atoms with Crippen LogP contribution in [0.15, 0.2) is 36.4 Å². The number of benzene rings is 2. The molecule has 3 aromatic rings. The number of hydrogen-bond acceptors (Lipinski definition) is 4. The van der Waals surface area contributed by atoms with Crippen LogP contribution in [0, 0.1) is 11.3 Å². The highest BCUT2D eigenvalue weighted by atomic mass is 15.1. The average molecular weight is 343 g/mol. The van der Waals surface area contributed by atoms with Gasteiger partial charge in [-0.2, -0.15) is 5.26 Å². The normalized spacial score (nSPS) is 17.3. The molecule has 1 saturated heterocycles. The van der Waals surface area contributed by atoms with Crippen molar-refractivity contribution in [2.24, 2.45) is 0 Å². The van der Waals surface area contributed by atoms with Gasteiger partial charge in [-0.25, -0.2) is 4.98 Å². The summed E-state index contributed by atoms with van der Waals surface area (Å²) in [4.78, 5) is 5.03. The molecule has 0 bridgehead atoms. The van der Waals surface area contributed by atoms with Gasteiger partial charge in [-0.1, -0.05) is 12.1 Å². The molecular weight excluding hydrogens is 322 g/mol. The summed E-state index contributed by atoms with van der Waals surface area (Å²) in [5.74, 6) is 1.73. The molecule has 0 radical (unpaired) electrons. The second-order valence-corrected chi connectivity index (χ2v) is 7.16. The third-order valence-electron chi connectivity index (χ3n) is 5.57. The number of imidazole rings is 1. The van der Waals surface area contributed by atoms with E-state index in [-0.39, 0.29) is 0 Å². The Kier molecular flexibility index (Phi) is 3.74. The fraction of sp³-hybridized carbons (Fsp3) is 0.333. The zero-order chi connectivity index (χ0) is 17.5. The molecule has 0 unspecified atom stereocenters. The number of nitrogens with zero attached hydrogens (tertiary/aromatic N) is 3. The molecule has 1 fully saturated rings. The van der Waals surface area contributed by atoms with Crippen molar-refractivity contribution < 1.29 is 0 Å². The van der Waals surface area contributed by atoms with Crippen LogP contribution in [0.3, 0.4) is 0 Å². The predicted molar refractivity (Wildman–Crippen MR) is 102 cm³/mol. The molecule has 130 valence electrons. The molecule has 26 heavy (non-hydrogen) atoms. The Hall–Kier alpha value is -2.68. The van der Waals surface area contributed by atoms with Gasteiger partial charge >= 0.3 is 0 Å². The Balaban J connectivity index is 1.71. The maximum atomic E-state index is 9.05. The summed E-state index contributed by atoms with van der Waals surface area (Å²) < 4.78 is 2.39. The molecule has 3 heterocycles. The van der Waals surface area contributed by atoms with Gasteiger partial charge in [-0.3, -0.25) is 0 Å². The van der Waals surface area contributed by atoms with Crippen LogP contribution in [0.25, 0.3) is 22.2 Å². The number of rotatable bonds is 2. The third kappa shape index (κ3) is 2.50. The number of aromatic nitrogens is 2. The standard InChI is InChI=1S/C21H21N5/c22-11-14-1-3-15(4-2-14)16-9-18(17-12-24-13-17)21-19(10-16)26-8-7-23-6-5-20(26)25-21/h1-4,9-10,17,23-24H,5-8,12-13H2. The Morgan fingerprint density at radius 3 is 2.62 bits per heavy atom. The Morgan fingerprint density at radius 2 is 1.88 bits per heavy atom. The van der Waals surface area contributed by atoms with Crippen LogP contribution in [-0.2, 0) is 13.0 Å². The van der Waals surface area contributed by atoms with Crippen molar-refractivity contribution in [3.05, 3.63) is 53.3 Å². The quantitative estimate of drug-likeness (QED) is 0.750. The predicted octanol–water partition coefficient (Wildman–Crippen LogP) is 2.41. The van der Waals surface area contributed by atoms with E-state index in [2.05, 4.69) is 33.4 Å². The molecule has 2 aromatic carbocycles. The van der Waals surface area contributed by atoms with Gasteiger partial charge in [0.25, 0.3) is 0 Å². The maximum Gasteiger partial charge on any atom is 0.111 e. The van der Waals surface area contributed by atoms with Gasteiger partial charge in [0, 0.05) is 45.1 Å². The lowest BCUT2D eigenvalue weighted by atomic mass is 9.89. The van der Waals surface area contributed by atoms with Crippen LogP contribution in [0.4, 0.5) is 0 Å². The van der Waals surface area contributed by atoms with Crippen LogP contribution in [0.1, 0.15) is 22.9 Å². The van der Waals surface area contributed by atoms with E-state index in [0.717, 1.165) is 44.7 Å². The largest absolute Gasteiger partial charge is 0.327 e. The SMILES string of the molecule is N#Cc1ccc(-c2cc(C3CNC3)c3nc4n(c3c2)CCNCC4)cc1. The smallest absolute Gasteiger partial charge is 0.111 e. The van der Waals surface area contributed by atoms with Crippen molar-refractivity contribution in [3.8, 4) is 17.2 Å². The molecule has 0 aliphatic carbocycles. The van der Waals surface area contributed by atoms with Crippen molar-refractivity contribution >= 4 is 11.0 Å². The van der Waals surface area contributed by atoms with E-state index in [0.29, 0.717) is 11.5 Å². The highest BCUT2D eigenvalue weighted by Gasteiger charge is 2.25. The zero-order valence-corrected chi connectivity index (χ0v) is 14.6. The molecule has 0 amide bonds. The second-order valence-electron chi connectivity index (χ2n) is 7.16. The van der Waals surface area contributed by atoms with Crippen molar-refractivity contribution in [1.29, 1.82) is 5.26 Å². The summed E-state index contributed by atoms with van der Waals surface area (Å²) in [6.07, 6.45) is 0.975. The monoisotopic (exact) mass is 343 g/mol. The maximum absolute atomic E-state index is 9.05. The molecule has 1 aromatic heterocycles. The second kappa shape index (κ2) is 6.24. The van der Waals surface area contributed by atoms with Gasteiger partial charge in [-0.15, -0.1) is 0 Å². The number of hydrogen-bond donors (Lipinski definition) is 2. The van der Waals surface area contributed by atoms with Crippen molar-refractivity contribution in [2.45, 2.75) is 18.9 Å². The van der Waals surface area contributed by atoms with E-state index in [4.69, 9.17) is 10.2 Å². The van der Waals surface area contributed by atoms with Crippen molar-refractivity contribution in [1.82, 2.24) is 20.2 Å². The molecule has 0 spiro atoms. The summed E-state index contributed by atoms with van der Waals surface area (Å²) in [6, 6.07) is 14.7. The van der Waals surface area contributed by atoms with E-state index in [9.17, 15) is 0 Å². The van der Waals surface area contributed by atoms with E-state index in [1.54, 1.807) is 0 Å². The first-order valence-corrected chi connectivity index (χ1v) is 9.28. The first-order valence-electron chi connectivity index (χ1n) is 9.28. The fourth-order valence-electron chi connectivity index (χ4n) is 3.98. The molecule has 2 aliphatic rings. The molecule has 2 aliphatic heterocycles. The van der Waals surface area contributed by atoms with Gasteiger partial charge < -0.3 is 15.2 Å². The van der Waals surface area contributed by atoms with Crippen LogP contribution in [0.5, 0.6) is 0 Å².